The van der Waals surface area contributed by atoms with Crippen molar-refractivity contribution in [2.75, 3.05) is 10.6 Å². The SMILES string of the molecule is O=C(Nc1ncc(Br)cc1C(=O)O)Nc1c(Cl)cc(Cl)cc1Cl. The van der Waals surface area contributed by atoms with Crippen LogP contribution in [-0.2, 0) is 0 Å². The van der Waals surface area contributed by atoms with Crippen molar-refractivity contribution in [1.82, 2.24) is 4.98 Å². The van der Waals surface area contributed by atoms with E-state index in [9.17, 15) is 9.59 Å². The number of nitrogens with zero attached hydrogens (tertiary/aromatic N) is 1. The first-order valence-corrected chi connectivity index (χ1v) is 7.82. The van der Waals surface area contributed by atoms with E-state index < -0.39 is 12.0 Å². The van der Waals surface area contributed by atoms with Gasteiger partial charge in [-0.05, 0) is 34.1 Å². The molecule has 0 aliphatic carbocycles. The Kier molecular flexibility index (Phi) is 5.69. The molecule has 1 aromatic carbocycles. The van der Waals surface area contributed by atoms with E-state index in [1.54, 1.807) is 0 Å². The molecule has 1 aromatic heterocycles. The maximum atomic E-state index is 12.0. The van der Waals surface area contributed by atoms with Crippen LogP contribution in [0.1, 0.15) is 10.4 Å². The van der Waals surface area contributed by atoms with Crippen molar-refractivity contribution < 1.29 is 14.7 Å². The van der Waals surface area contributed by atoms with Gasteiger partial charge in [-0.25, -0.2) is 14.6 Å². The van der Waals surface area contributed by atoms with Crippen LogP contribution in [0, 0.1) is 0 Å². The van der Waals surface area contributed by atoms with Gasteiger partial charge in [-0.3, -0.25) is 5.32 Å². The van der Waals surface area contributed by atoms with E-state index in [1.807, 2.05) is 0 Å². The number of carboxylic acids is 1. The molecule has 0 saturated carbocycles. The summed E-state index contributed by atoms with van der Waals surface area (Å²) in [5.74, 6) is -1.36. The summed E-state index contributed by atoms with van der Waals surface area (Å²) < 4.78 is 0.463. The standard InChI is InChI=1S/C13H7BrCl3N3O3/c14-5-1-7(12(21)22)11(18-4-5)20-13(23)19-10-8(16)2-6(15)3-9(10)17/h1-4H,(H,21,22)(H2,18,19,20,23). The van der Waals surface area contributed by atoms with Gasteiger partial charge in [-0.1, -0.05) is 34.8 Å². The summed E-state index contributed by atoms with van der Waals surface area (Å²) in [6.45, 7) is 0. The summed E-state index contributed by atoms with van der Waals surface area (Å²) in [5.41, 5.74) is -0.0351. The zero-order valence-electron chi connectivity index (χ0n) is 11.0. The number of nitrogens with one attached hydrogen (secondary N) is 2. The molecule has 2 amide bonds. The number of pyridine rings is 1. The maximum Gasteiger partial charge on any atom is 0.339 e. The van der Waals surface area contributed by atoms with E-state index in [0.29, 0.717) is 9.50 Å². The Morgan fingerprint density at radius 2 is 1.70 bits per heavy atom. The molecule has 1 heterocycles. The number of carbonyl (C=O) groups is 2. The van der Waals surface area contributed by atoms with Crippen molar-refractivity contribution in [1.29, 1.82) is 0 Å². The topological polar surface area (TPSA) is 91.3 Å². The molecule has 0 aliphatic rings. The van der Waals surface area contributed by atoms with Gasteiger partial charge in [-0.15, -0.1) is 0 Å². The molecule has 0 atom stereocenters. The quantitative estimate of drug-likeness (QED) is 0.617. The molecule has 0 radical (unpaired) electrons. The monoisotopic (exact) mass is 437 g/mol. The molecule has 10 heteroatoms. The minimum atomic E-state index is -1.24. The molecule has 0 aliphatic heterocycles. The van der Waals surface area contributed by atoms with Crippen LogP contribution in [0.3, 0.4) is 0 Å². The number of amides is 2. The molecule has 2 rings (SSSR count). The van der Waals surface area contributed by atoms with E-state index >= 15 is 0 Å². The van der Waals surface area contributed by atoms with Crippen LogP contribution in [-0.4, -0.2) is 22.1 Å². The Bertz CT molecular complexity index is 778. The molecule has 0 unspecified atom stereocenters. The minimum Gasteiger partial charge on any atom is -0.478 e. The van der Waals surface area contributed by atoms with E-state index in [1.165, 1.54) is 24.4 Å². The van der Waals surface area contributed by atoms with Gasteiger partial charge in [0.2, 0.25) is 0 Å². The first-order valence-electron chi connectivity index (χ1n) is 5.89. The number of benzene rings is 1. The molecule has 23 heavy (non-hydrogen) atoms. The van der Waals surface area contributed by atoms with Gasteiger partial charge in [0.25, 0.3) is 0 Å². The smallest absolute Gasteiger partial charge is 0.339 e. The van der Waals surface area contributed by atoms with Crippen molar-refractivity contribution >= 4 is 74.2 Å². The molecule has 0 spiro atoms. The van der Waals surface area contributed by atoms with Gasteiger partial charge in [0.05, 0.1) is 15.7 Å². The molecule has 0 fully saturated rings. The average Bonchev–Trinajstić information content (AvgIpc) is 2.44. The molecule has 2 aromatic rings. The number of urea groups is 1. The van der Waals surface area contributed by atoms with E-state index in [2.05, 4.69) is 31.5 Å². The second kappa shape index (κ2) is 7.35. The fourth-order valence-corrected chi connectivity index (χ4v) is 2.86. The summed E-state index contributed by atoms with van der Waals surface area (Å²) in [4.78, 5) is 27.0. The third kappa shape index (κ3) is 4.48. The zero-order chi connectivity index (χ0) is 17.1. The normalized spacial score (nSPS) is 10.3. The lowest BCUT2D eigenvalue weighted by Gasteiger charge is -2.12. The Balaban J connectivity index is 2.23. The van der Waals surface area contributed by atoms with Gasteiger partial charge in [0.15, 0.2) is 0 Å². The van der Waals surface area contributed by atoms with Crippen LogP contribution in [0.5, 0.6) is 0 Å². The van der Waals surface area contributed by atoms with Gasteiger partial charge in [-0.2, -0.15) is 0 Å². The number of halogens is 4. The molecule has 3 N–H and O–H groups in total. The van der Waals surface area contributed by atoms with Crippen LogP contribution in [0.2, 0.25) is 15.1 Å². The first kappa shape index (κ1) is 17.8. The summed E-state index contributed by atoms with van der Waals surface area (Å²) in [5, 5.41) is 14.5. The fraction of sp³-hybridized carbons (Fsp3) is 0. The highest BCUT2D eigenvalue weighted by Gasteiger charge is 2.16. The minimum absolute atomic E-state index is 0.126. The molecule has 0 saturated heterocycles. The number of hydrogen-bond acceptors (Lipinski definition) is 3. The number of anilines is 2. The highest BCUT2D eigenvalue weighted by Crippen LogP contribution is 2.33. The van der Waals surface area contributed by atoms with Crippen LogP contribution in [0.25, 0.3) is 0 Å². The number of aromatic nitrogens is 1. The Morgan fingerprint density at radius 3 is 2.26 bits per heavy atom. The third-order valence-electron chi connectivity index (χ3n) is 2.56. The van der Waals surface area contributed by atoms with Crippen LogP contribution in [0.4, 0.5) is 16.3 Å². The average molecular weight is 439 g/mol. The predicted molar refractivity (Wildman–Crippen MR) is 93.0 cm³/mol. The van der Waals surface area contributed by atoms with Crippen LogP contribution in [0.15, 0.2) is 28.9 Å². The van der Waals surface area contributed by atoms with Crippen molar-refractivity contribution in [3.63, 3.8) is 0 Å². The maximum absolute atomic E-state index is 12.0. The highest BCUT2D eigenvalue weighted by molar-refractivity contribution is 9.10. The summed E-state index contributed by atoms with van der Waals surface area (Å²) in [7, 11) is 0. The molecule has 0 bridgehead atoms. The Labute approximate surface area is 153 Å². The lowest BCUT2D eigenvalue weighted by atomic mass is 10.2. The van der Waals surface area contributed by atoms with Gasteiger partial charge in [0.1, 0.15) is 11.4 Å². The van der Waals surface area contributed by atoms with E-state index in [0.717, 1.165) is 0 Å². The molecular formula is C13H7BrCl3N3O3. The number of carboxylic acid groups (broad SMARTS) is 1. The number of aromatic carboxylic acids is 1. The van der Waals surface area contributed by atoms with Crippen molar-refractivity contribution in [3.05, 3.63) is 49.5 Å². The van der Waals surface area contributed by atoms with Gasteiger partial charge < -0.3 is 10.4 Å². The second-order valence-electron chi connectivity index (χ2n) is 4.18. The molecular weight excluding hydrogens is 432 g/mol. The summed E-state index contributed by atoms with van der Waals surface area (Å²) >= 11 is 20.8. The summed E-state index contributed by atoms with van der Waals surface area (Å²) in [6, 6.07) is 3.37. The summed E-state index contributed by atoms with van der Waals surface area (Å²) in [6.07, 6.45) is 1.35. The number of rotatable bonds is 3. The van der Waals surface area contributed by atoms with E-state index in [-0.39, 0.29) is 27.1 Å². The lowest BCUT2D eigenvalue weighted by molar-refractivity contribution is 0.0697. The second-order valence-corrected chi connectivity index (χ2v) is 6.34. The number of carbonyl (C=O) groups excluding carboxylic acids is 1. The van der Waals surface area contributed by atoms with Crippen LogP contribution < -0.4 is 10.6 Å². The lowest BCUT2D eigenvalue weighted by Crippen LogP contribution is -2.22. The van der Waals surface area contributed by atoms with Crippen molar-refractivity contribution in [2.45, 2.75) is 0 Å². The largest absolute Gasteiger partial charge is 0.478 e. The highest BCUT2D eigenvalue weighted by atomic mass is 79.9. The predicted octanol–water partition coefficient (Wildman–Crippen LogP) is 5.15. The zero-order valence-corrected chi connectivity index (χ0v) is 14.9. The van der Waals surface area contributed by atoms with E-state index in [4.69, 9.17) is 39.9 Å². The first-order chi connectivity index (χ1) is 10.8. The van der Waals surface area contributed by atoms with Crippen LogP contribution >= 0.6 is 50.7 Å². The van der Waals surface area contributed by atoms with Crippen molar-refractivity contribution in [3.8, 4) is 0 Å². The Hall–Kier alpha value is -1.54. The molecule has 6 nitrogen and oxygen atoms in total. The Morgan fingerprint density at radius 1 is 1.09 bits per heavy atom. The van der Waals surface area contributed by atoms with Gasteiger partial charge >= 0.3 is 12.0 Å². The fourth-order valence-electron chi connectivity index (χ4n) is 1.62. The number of hydrogen-bond donors (Lipinski definition) is 3. The third-order valence-corrected chi connectivity index (χ3v) is 3.81. The van der Waals surface area contributed by atoms with Crippen molar-refractivity contribution in [2.24, 2.45) is 0 Å². The molecule has 120 valence electrons. The van der Waals surface area contributed by atoms with Gasteiger partial charge in [0, 0.05) is 15.7 Å².